The van der Waals surface area contributed by atoms with Crippen LogP contribution in [0.1, 0.15) is 45.2 Å². The van der Waals surface area contributed by atoms with Crippen LogP contribution in [0, 0.1) is 5.82 Å². The van der Waals surface area contributed by atoms with Crippen LogP contribution >= 0.6 is 0 Å². The molecule has 1 heterocycles. The van der Waals surface area contributed by atoms with E-state index in [1.165, 1.54) is 6.07 Å². The Hall–Kier alpha value is -1.75. The third kappa shape index (κ3) is 3.67. The third-order valence-corrected chi connectivity index (χ3v) is 3.51. The van der Waals surface area contributed by atoms with Crippen molar-refractivity contribution in [3.05, 3.63) is 35.8 Å². The molecule has 1 N–H and O–H groups in total. The highest BCUT2D eigenvalue weighted by Gasteiger charge is 2.16. The van der Waals surface area contributed by atoms with Gasteiger partial charge in [0, 0.05) is 18.2 Å². The van der Waals surface area contributed by atoms with Gasteiger partial charge in [-0.25, -0.2) is 9.07 Å². The standard InChI is InChI=1S/C16H23FN4/c1-4-8-18-12(3)14-7-6-13(17)10-15(14)16-11-19-20-21(16)9-5-2/h6-7,10-12,18H,4-5,8-9H2,1-3H3. The molecule has 4 nitrogen and oxygen atoms in total. The van der Waals surface area contributed by atoms with Gasteiger partial charge in [0.05, 0.1) is 11.9 Å². The minimum absolute atomic E-state index is 0.158. The topological polar surface area (TPSA) is 42.7 Å². The fourth-order valence-electron chi connectivity index (χ4n) is 2.44. The average molecular weight is 290 g/mol. The Bertz CT molecular complexity index is 579. The number of aromatic nitrogens is 3. The van der Waals surface area contributed by atoms with E-state index in [2.05, 4.69) is 36.4 Å². The maximum Gasteiger partial charge on any atom is 0.123 e. The van der Waals surface area contributed by atoms with E-state index in [4.69, 9.17) is 0 Å². The summed E-state index contributed by atoms with van der Waals surface area (Å²) >= 11 is 0. The lowest BCUT2D eigenvalue weighted by atomic mass is 9.99. The van der Waals surface area contributed by atoms with E-state index in [1.807, 2.05) is 10.7 Å². The third-order valence-electron chi connectivity index (χ3n) is 3.51. The molecule has 5 heteroatoms. The van der Waals surface area contributed by atoms with Gasteiger partial charge < -0.3 is 5.32 Å². The van der Waals surface area contributed by atoms with Crippen LogP contribution in [0.2, 0.25) is 0 Å². The lowest BCUT2D eigenvalue weighted by Crippen LogP contribution is -2.20. The Labute approximate surface area is 125 Å². The minimum atomic E-state index is -0.235. The fraction of sp³-hybridized carbons (Fsp3) is 0.500. The lowest BCUT2D eigenvalue weighted by molar-refractivity contribution is 0.564. The number of hydrogen-bond acceptors (Lipinski definition) is 3. The SMILES string of the molecule is CCCNC(C)c1ccc(F)cc1-c1cnnn1CCC. The summed E-state index contributed by atoms with van der Waals surface area (Å²) in [6.45, 7) is 8.03. The number of rotatable bonds is 7. The van der Waals surface area contributed by atoms with E-state index >= 15 is 0 Å². The molecule has 1 aromatic carbocycles. The predicted octanol–water partition coefficient (Wildman–Crippen LogP) is 3.55. The molecule has 0 fully saturated rings. The first-order valence-corrected chi connectivity index (χ1v) is 7.59. The summed E-state index contributed by atoms with van der Waals surface area (Å²) in [6, 6.07) is 5.09. The smallest absolute Gasteiger partial charge is 0.123 e. The molecular formula is C16H23FN4. The molecule has 1 unspecified atom stereocenters. The van der Waals surface area contributed by atoms with Crippen molar-refractivity contribution in [2.24, 2.45) is 0 Å². The number of halogens is 1. The molecule has 1 atom stereocenters. The number of benzene rings is 1. The van der Waals surface area contributed by atoms with Gasteiger partial charge in [0.15, 0.2) is 0 Å². The zero-order valence-corrected chi connectivity index (χ0v) is 12.9. The van der Waals surface area contributed by atoms with Gasteiger partial charge in [-0.05, 0) is 44.0 Å². The molecule has 0 amide bonds. The van der Waals surface area contributed by atoms with Gasteiger partial charge in [-0.2, -0.15) is 0 Å². The van der Waals surface area contributed by atoms with Crippen LogP contribution in [0.4, 0.5) is 4.39 Å². The fourth-order valence-corrected chi connectivity index (χ4v) is 2.44. The zero-order valence-electron chi connectivity index (χ0n) is 12.9. The molecule has 0 saturated carbocycles. The molecule has 0 bridgehead atoms. The van der Waals surface area contributed by atoms with E-state index in [-0.39, 0.29) is 11.9 Å². The Morgan fingerprint density at radius 2 is 2.10 bits per heavy atom. The Kier molecular flexibility index (Phi) is 5.44. The first-order valence-electron chi connectivity index (χ1n) is 7.59. The highest BCUT2D eigenvalue weighted by atomic mass is 19.1. The van der Waals surface area contributed by atoms with E-state index in [1.54, 1.807) is 12.3 Å². The van der Waals surface area contributed by atoms with Crippen molar-refractivity contribution < 1.29 is 4.39 Å². The van der Waals surface area contributed by atoms with Crippen molar-refractivity contribution in [2.75, 3.05) is 6.54 Å². The molecule has 2 rings (SSSR count). The number of hydrogen-bond donors (Lipinski definition) is 1. The molecule has 2 aromatic rings. The number of nitrogens with one attached hydrogen (secondary N) is 1. The van der Waals surface area contributed by atoms with E-state index in [0.29, 0.717) is 0 Å². The van der Waals surface area contributed by atoms with Gasteiger partial charge in [-0.3, -0.25) is 0 Å². The molecule has 0 spiro atoms. The maximum atomic E-state index is 13.7. The van der Waals surface area contributed by atoms with Crippen LogP contribution in [-0.2, 0) is 6.54 Å². The Morgan fingerprint density at radius 3 is 2.81 bits per heavy atom. The van der Waals surface area contributed by atoms with Crippen molar-refractivity contribution in [1.82, 2.24) is 20.3 Å². The number of nitrogens with zero attached hydrogens (tertiary/aromatic N) is 3. The van der Waals surface area contributed by atoms with Gasteiger partial charge in [0.1, 0.15) is 5.82 Å². The number of aryl methyl sites for hydroxylation is 1. The lowest BCUT2D eigenvalue weighted by Gasteiger charge is -2.18. The van der Waals surface area contributed by atoms with E-state index in [0.717, 1.165) is 42.8 Å². The summed E-state index contributed by atoms with van der Waals surface area (Å²) in [5.41, 5.74) is 2.81. The summed E-state index contributed by atoms with van der Waals surface area (Å²) in [6.07, 6.45) is 3.74. The summed E-state index contributed by atoms with van der Waals surface area (Å²) in [5, 5.41) is 11.5. The zero-order chi connectivity index (χ0) is 15.2. The van der Waals surface area contributed by atoms with Gasteiger partial charge in [-0.15, -0.1) is 5.10 Å². The second-order valence-electron chi connectivity index (χ2n) is 5.25. The van der Waals surface area contributed by atoms with Crippen molar-refractivity contribution in [3.63, 3.8) is 0 Å². The van der Waals surface area contributed by atoms with Gasteiger partial charge >= 0.3 is 0 Å². The normalized spacial score (nSPS) is 12.6. The van der Waals surface area contributed by atoms with Gasteiger partial charge in [-0.1, -0.05) is 25.1 Å². The minimum Gasteiger partial charge on any atom is -0.310 e. The van der Waals surface area contributed by atoms with Crippen LogP contribution < -0.4 is 5.32 Å². The molecule has 21 heavy (non-hydrogen) atoms. The average Bonchev–Trinajstić information content (AvgIpc) is 2.93. The van der Waals surface area contributed by atoms with E-state index < -0.39 is 0 Å². The van der Waals surface area contributed by atoms with Crippen molar-refractivity contribution in [2.45, 2.75) is 46.2 Å². The summed E-state index contributed by atoms with van der Waals surface area (Å²) in [7, 11) is 0. The first kappa shape index (κ1) is 15.6. The van der Waals surface area contributed by atoms with Gasteiger partial charge in [0.2, 0.25) is 0 Å². The second kappa shape index (κ2) is 7.31. The Balaban J connectivity index is 2.41. The molecule has 0 aliphatic heterocycles. The molecule has 0 aliphatic rings. The highest BCUT2D eigenvalue weighted by molar-refractivity contribution is 5.64. The highest BCUT2D eigenvalue weighted by Crippen LogP contribution is 2.28. The molecular weight excluding hydrogens is 267 g/mol. The first-order chi connectivity index (χ1) is 10.2. The van der Waals surface area contributed by atoms with Crippen LogP contribution in [0.25, 0.3) is 11.3 Å². The molecule has 0 radical (unpaired) electrons. The van der Waals surface area contributed by atoms with Crippen molar-refractivity contribution in [3.8, 4) is 11.3 Å². The van der Waals surface area contributed by atoms with Crippen LogP contribution in [0.5, 0.6) is 0 Å². The van der Waals surface area contributed by atoms with Crippen LogP contribution in [0.3, 0.4) is 0 Å². The maximum absolute atomic E-state index is 13.7. The monoisotopic (exact) mass is 290 g/mol. The van der Waals surface area contributed by atoms with Crippen molar-refractivity contribution in [1.29, 1.82) is 0 Å². The summed E-state index contributed by atoms with van der Waals surface area (Å²) < 4.78 is 15.5. The van der Waals surface area contributed by atoms with Crippen LogP contribution in [-0.4, -0.2) is 21.5 Å². The van der Waals surface area contributed by atoms with Crippen LogP contribution in [0.15, 0.2) is 24.4 Å². The molecule has 114 valence electrons. The summed E-state index contributed by atoms with van der Waals surface area (Å²) in [5.74, 6) is -0.235. The second-order valence-corrected chi connectivity index (χ2v) is 5.25. The summed E-state index contributed by atoms with van der Waals surface area (Å²) in [4.78, 5) is 0. The molecule has 0 saturated heterocycles. The molecule has 1 aromatic heterocycles. The van der Waals surface area contributed by atoms with Crippen molar-refractivity contribution >= 4 is 0 Å². The predicted molar refractivity (Wildman–Crippen MR) is 82.4 cm³/mol. The Morgan fingerprint density at radius 1 is 1.29 bits per heavy atom. The quantitative estimate of drug-likeness (QED) is 0.848. The van der Waals surface area contributed by atoms with E-state index in [9.17, 15) is 4.39 Å². The van der Waals surface area contributed by atoms with Gasteiger partial charge in [0.25, 0.3) is 0 Å². The largest absolute Gasteiger partial charge is 0.310 e. The molecule has 0 aliphatic carbocycles.